The van der Waals surface area contributed by atoms with Crippen LogP contribution in [0, 0.1) is 0 Å². The average molecular weight is 189 g/mol. The Balaban J connectivity index is 2.89. The fourth-order valence-corrected chi connectivity index (χ4v) is 1.24. The highest BCUT2D eigenvalue weighted by atomic mass is 16.5. The molecule has 0 spiro atoms. The Morgan fingerprint density at radius 1 is 1.46 bits per heavy atom. The Labute approximate surface area is 74.7 Å². The molecule has 1 atom stereocenters. The maximum atomic E-state index is 10.8. The van der Waals surface area contributed by atoms with Crippen LogP contribution in [0.25, 0.3) is 0 Å². The first-order chi connectivity index (χ1) is 5.98. The molecule has 1 fully saturated rings. The number of carbonyl (C=O) groups is 2. The molecule has 1 rings (SSSR count). The van der Waals surface area contributed by atoms with Crippen molar-refractivity contribution < 1.29 is 24.5 Å². The maximum absolute atomic E-state index is 10.8. The van der Waals surface area contributed by atoms with E-state index in [4.69, 9.17) is 14.9 Å². The number of hydrogen-bond donors (Lipinski definition) is 2. The maximum Gasteiger partial charge on any atom is 0.408 e. The highest BCUT2D eigenvalue weighted by Crippen LogP contribution is 2.19. The third kappa shape index (κ3) is 1.57. The monoisotopic (exact) mass is 189 g/mol. The fraction of sp³-hybridized carbons (Fsp3) is 0.714. The minimum Gasteiger partial charge on any atom is -0.479 e. The first kappa shape index (κ1) is 9.79. The summed E-state index contributed by atoms with van der Waals surface area (Å²) in [5.74, 6) is -1.19. The van der Waals surface area contributed by atoms with Crippen molar-refractivity contribution in [3.05, 3.63) is 0 Å². The molecule has 6 nitrogen and oxygen atoms in total. The minimum atomic E-state index is -1.45. The van der Waals surface area contributed by atoms with Crippen molar-refractivity contribution in [1.82, 2.24) is 4.90 Å². The number of morpholine rings is 1. The van der Waals surface area contributed by atoms with Crippen molar-refractivity contribution in [1.29, 1.82) is 0 Å². The van der Waals surface area contributed by atoms with Crippen LogP contribution in [0.4, 0.5) is 4.79 Å². The van der Waals surface area contributed by atoms with Crippen LogP contribution >= 0.6 is 0 Å². The van der Waals surface area contributed by atoms with Crippen LogP contribution in [-0.4, -0.2) is 52.5 Å². The highest BCUT2D eigenvalue weighted by Gasteiger charge is 2.45. The lowest BCUT2D eigenvalue weighted by atomic mass is 10.0. The van der Waals surface area contributed by atoms with Crippen molar-refractivity contribution >= 4 is 12.1 Å². The Kier molecular flexibility index (Phi) is 2.42. The second kappa shape index (κ2) is 3.21. The van der Waals surface area contributed by atoms with Gasteiger partial charge in [0, 0.05) is 6.54 Å². The molecular weight excluding hydrogens is 178 g/mol. The summed E-state index contributed by atoms with van der Waals surface area (Å²) >= 11 is 0. The van der Waals surface area contributed by atoms with Crippen molar-refractivity contribution in [3.8, 4) is 0 Å². The lowest BCUT2D eigenvalue weighted by Gasteiger charge is -2.39. The molecule has 2 N–H and O–H groups in total. The molecule has 0 aromatic heterocycles. The van der Waals surface area contributed by atoms with Gasteiger partial charge in [-0.05, 0) is 6.92 Å². The fourth-order valence-electron chi connectivity index (χ4n) is 1.24. The number of aliphatic carboxylic acids is 1. The molecular formula is C7H11NO5. The van der Waals surface area contributed by atoms with Crippen LogP contribution in [0.2, 0.25) is 0 Å². The molecule has 1 saturated heterocycles. The number of rotatable bonds is 1. The normalized spacial score (nSPS) is 28.5. The summed E-state index contributed by atoms with van der Waals surface area (Å²) in [5, 5.41) is 17.6. The third-order valence-electron chi connectivity index (χ3n) is 2.13. The molecule has 1 unspecified atom stereocenters. The number of carboxylic acid groups (broad SMARTS) is 2. The summed E-state index contributed by atoms with van der Waals surface area (Å²) < 4.78 is 4.94. The smallest absolute Gasteiger partial charge is 0.408 e. The molecule has 0 aliphatic carbocycles. The first-order valence-corrected chi connectivity index (χ1v) is 3.80. The molecule has 1 heterocycles. The van der Waals surface area contributed by atoms with Gasteiger partial charge in [0.2, 0.25) is 0 Å². The zero-order valence-corrected chi connectivity index (χ0v) is 7.19. The van der Waals surface area contributed by atoms with Gasteiger partial charge in [0.05, 0.1) is 13.2 Å². The van der Waals surface area contributed by atoms with E-state index in [0.717, 1.165) is 4.90 Å². The summed E-state index contributed by atoms with van der Waals surface area (Å²) in [4.78, 5) is 22.4. The van der Waals surface area contributed by atoms with Gasteiger partial charge in [0.1, 0.15) is 0 Å². The Hall–Kier alpha value is -1.30. The quantitative estimate of drug-likeness (QED) is 0.598. The zero-order valence-electron chi connectivity index (χ0n) is 7.19. The largest absolute Gasteiger partial charge is 0.479 e. The van der Waals surface area contributed by atoms with E-state index in [1.54, 1.807) is 0 Å². The van der Waals surface area contributed by atoms with Crippen LogP contribution in [0.1, 0.15) is 6.92 Å². The predicted octanol–water partition coefficient (Wildman–Crippen LogP) is -0.160. The van der Waals surface area contributed by atoms with E-state index >= 15 is 0 Å². The summed E-state index contributed by atoms with van der Waals surface area (Å²) in [5.41, 5.74) is -1.45. The Morgan fingerprint density at radius 2 is 2.08 bits per heavy atom. The van der Waals surface area contributed by atoms with Crippen molar-refractivity contribution in [2.75, 3.05) is 19.8 Å². The average Bonchev–Trinajstić information content (AvgIpc) is 2.04. The predicted molar refractivity (Wildman–Crippen MR) is 41.6 cm³/mol. The topological polar surface area (TPSA) is 87.1 Å². The van der Waals surface area contributed by atoms with Crippen LogP contribution in [0.15, 0.2) is 0 Å². The second-order valence-corrected chi connectivity index (χ2v) is 3.07. The number of carboxylic acids is 1. The van der Waals surface area contributed by atoms with E-state index in [-0.39, 0.29) is 19.8 Å². The van der Waals surface area contributed by atoms with Crippen molar-refractivity contribution in [2.45, 2.75) is 12.5 Å². The lowest BCUT2D eigenvalue weighted by molar-refractivity contribution is -0.158. The molecule has 1 aliphatic heterocycles. The van der Waals surface area contributed by atoms with E-state index in [9.17, 15) is 9.59 Å². The number of nitrogens with zero attached hydrogens (tertiary/aromatic N) is 1. The molecule has 74 valence electrons. The summed E-state index contributed by atoms with van der Waals surface area (Å²) in [7, 11) is 0. The number of amides is 1. The van der Waals surface area contributed by atoms with Gasteiger partial charge in [-0.1, -0.05) is 0 Å². The van der Waals surface area contributed by atoms with E-state index in [2.05, 4.69) is 0 Å². The third-order valence-corrected chi connectivity index (χ3v) is 2.13. The molecule has 6 heteroatoms. The minimum absolute atomic E-state index is 0.0954. The summed E-state index contributed by atoms with van der Waals surface area (Å²) in [6.07, 6.45) is -1.23. The van der Waals surface area contributed by atoms with E-state index in [0.29, 0.717) is 0 Å². The highest BCUT2D eigenvalue weighted by molar-refractivity contribution is 5.83. The van der Waals surface area contributed by atoms with Crippen LogP contribution < -0.4 is 0 Å². The van der Waals surface area contributed by atoms with Gasteiger partial charge in [-0.15, -0.1) is 0 Å². The molecule has 0 radical (unpaired) electrons. The summed E-state index contributed by atoms with van der Waals surface area (Å²) in [6.45, 7) is 1.57. The number of ether oxygens (including phenoxy) is 1. The van der Waals surface area contributed by atoms with Gasteiger partial charge >= 0.3 is 12.1 Å². The molecule has 0 aromatic rings. The molecule has 1 aliphatic rings. The molecule has 1 amide bonds. The van der Waals surface area contributed by atoms with Crippen LogP contribution in [0.3, 0.4) is 0 Å². The zero-order chi connectivity index (χ0) is 10.1. The molecule has 0 saturated carbocycles. The van der Waals surface area contributed by atoms with Gasteiger partial charge in [-0.2, -0.15) is 0 Å². The van der Waals surface area contributed by atoms with Gasteiger partial charge in [0.25, 0.3) is 0 Å². The van der Waals surface area contributed by atoms with Crippen LogP contribution in [-0.2, 0) is 9.53 Å². The van der Waals surface area contributed by atoms with Crippen LogP contribution in [0.5, 0.6) is 0 Å². The second-order valence-electron chi connectivity index (χ2n) is 3.07. The van der Waals surface area contributed by atoms with Gasteiger partial charge < -0.3 is 14.9 Å². The Bertz CT molecular complexity index is 241. The lowest BCUT2D eigenvalue weighted by Crippen LogP contribution is -2.61. The molecule has 0 aromatic carbocycles. The van der Waals surface area contributed by atoms with Crippen molar-refractivity contribution in [3.63, 3.8) is 0 Å². The molecule has 13 heavy (non-hydrogen) atoms. The van der Waals surface area contributed by atoms with Gasteiger partial charge in [-0.3, -0.25) is 4.90 Å². The van der Waals surface area contributed by atoms with E-state index in [1.807, 2.05) is 0 Å². The number of hydrogen-bond acceptors (Lipinski definition) is 3. The van der Waals surface area contributed by atoms with E-state index in [1.165, 1.54) is 6.92 Å². The van der Waals surface area contributed by atoms with Gasteiger partial charge in [-0.25, -0.2) is 9.59 Å². The SMILES string of the molecule is CC1(C(=O)O)COCCN1C(=O)O. The molecule has 0 bridgehead atoms. The summed E-state index contributed by atoms with van der Waals surface area (Å²) in [6, 6.07) is 0. The first-order valence-electron chi connectivity index (χ1n) is 3.80. The standard InChI is InChI=1S/C7H11NO5/c1-7(5(9)10)4-13-3-2-8(7)6(11)12/h2-4H2,1H3,(H,9,10)(H,11,12). The van der Waals surface area contributed by atoms with E-state index < -0.39 is 17.6 Å². The Morgan fingerprint density at radius 3 is 2.46 bits per heavy atom. The van der Waals surface area contributed by atoms with Gasteiger partial charge in [0.15, 0.2) is 5.54 Å². The van der Waals surface area contributed by atoms with Crippen molar-refractivity contribution in [2.24, 2.45) is 0 Å².